The highest BCUT2D eigenvalue weighted by Gasteiger charge is 2.02. The zero-order chi connectivity index (χ0) is 18.4. The lowest BCUT2D eigenvalue weighted by molar-refractivity contribution is 0.0697. The van der Waals surface area contributed by atoms with E-state index >= 15 is 0 Å². The van der Waals surface area contributed by atoms with Crippen molar-refractivity contribution in [2.45, 2.75) is 6.92 Å². The molecule has 0 amide bonds. The maximum Gasteiger partial charge on any atom is 0.335 e. The van der Waals surface area contributed by atoms with Crippen LogP contribution in [0.15, 0.2) is 78.9 Å². The average Bonchev–Trinajstić information content (AvgIpc) is 2.66. The van der Waals surface area contributed by atoms with Crippen molar-refractivity contribution < 1.29 is 9.90 Å². The molecule has 0 unspecified atom stereocenters. The number of hydrogen-bond donors (Lipinski definition) is 1. The Morgan fingerprint density at radius 2 is 1.73 bits per heavy atom. The largest absolute Gasteiger partial charge is 0.478 e. The third kappa shape index (κ3) is 4.28. The van der Waals surface area contributed by atoms with E-state index in [0.717, 1.165) is 11.1 Å². The minimum absolute atomic E-state index is 0.262. The van der Waals surface area contributed by atoms with Crippen LogP contribution in [-0.2, 0) is 0 Å². The van der Waals surface area contributed by atoms with Crippen LogP contribution in [-0.4, -0.2) is 11.1 Å². The summed E-state index contributed by atoms with van der Waals surface area (Å²) in [5.74, 6) is 5.10. The van der Waals surface area contributed by atoms with Gasteiger partial charge in [-0.05, 0) is 60.0 Å². The van der Waals surface area contributed by atoms with Crippen LogP contribution in [0.3, 0.4) is 0 Å². The second kappa shape index (κ2) is 8.00. The molecule has 0 atom stereocenters. The summed E-state index contributed by atoms with van der Waals surface area (Å²) >= 11 is 0. The molecule has 2 heteroatoms. The fourth-order valence-corrected chi connectivity index (χ4v) is 2.67. The molecule has 0 aliphatic rings. The molecule has 1 N–H and O–H groups in total. The molecule has 2 nitrogen and oxygen atoms in total. The first-order valence-electron chi connectivity index (χ1n) is 8.31. The quantitative estimate of drug-likeness (QED) is 0.647. The minimum atomic E-state index is -0.933. The monoisotopic (exact) mass is 338 g/mol. The lowest BCUT2D eigenvalue weighted by Crippen LogP contribution is -1.94. The van der Waals surface area contributed by atoms with Crippen LogP contribution in [0.25, 0.3) is 17.2 Å². The van der Waals surface area contributed by atoms with Crippen LogP contribution in [0, 0.1) is 18.8 Å². The van der Waals surface area contributed by atoms with Crippen LogP contribution in [0.1, 0.15) is 27.0 Å². The molecule has 0 saturated heterocycles. The minimum Gasteiger partial charge on any atom is -0.478 e. The number of rotatable bonds is 3. The van der Waals surface area contributed by atoms with E-state index in [0.29, 0.717) is 0 Å². The molecule has 3 rings (SSSR count). The van der Waals surface area contributed by atoms with Crippen molar-refractivity contribution in [1.82, 2.24) is 0 Å². The summed E-state index contributed by atoms with van der Waals surface area (Å²) in [7, 11) is 0. The normalized spacial score (nSPS) is 10.3. The van der Waals surface area contributed by atoms with E-state index in [-0.39, 0.29) is 5.56 Å². The van der Waals surface area contributed by atoms with Gasteiger partial charge < -0.3 is 5.11 Å². The molecule has 0 radical (unpaired) electrons. The van der Waals surface area contributed by atoms with Crippen molar-refractivity contribution in [2.75, 3.05) is 0 Å². The highest BCUT2D eigenvalue weighted by atomic mass is 16.4. The summed E-state index contributed by atoms with van der Waals surface area (Å²) < 4.78 is 0. The van der Waals surface area contributed by atoms with Gasteiger partial charge in [0.15, 0.2) is 0 Å². The van der Waals surface area contributed by atoms with Crippen molar-refractivity contribution >= 4 is 12.0 Å². The third-order valence-electron chi connectivity index (χ3n) is 3.98. The third-order valence-corrected chi connectivity index (χ3v) is 3.98. The zero-order valence-electron chi connectivity index (χ0n) is 14.4. The number of aromatic carboxylic acids is 1. The first-order valence-corrected chi connectivity index (χ1v) is 8.31. The van der Waals surface area contributed by atoms with Gasteiger partial charge in [-0.1, -0.05) is 65.9 Å². The molecule has 0 aliphatic carbocycles. The Kier molecular flexibility index (Phi) is 5.31. The van der Waals surface area contributed by atoms with Crippen molar-refractivity contribution in [3.8, 4) is 23.0 Å². The van der Waals surface area contributed by atoms with E-state index in [9.17, 15) is 4.79 Å². The van der Waals surface area contributed by atoms with Crippen LogP contribution >= 0.6 is 0 Å². The summed E-state index contributed by atoms with van der Waals surface area (Å²) in [6.45, 7) is 2.09. The van der Waals surface area contributed by atoms with Crippen LogP contribution in [0.2, 0.25) is 0 Å². The van der Waals surface area contributed by atoms with Gasteiger partial charge in [-0.15, -0.1) is 0 Å². The highest BCUT2D eigenvalue weighted by molar-refractivity contribution is 5.87. The number of benzene rings is 3. The maximum absolute atomic E-state index is 10.9. The van der Waals surface area contributed by atoms with E-state index in [2.05, 4.69) is 55.2 Å². The molecule has 126 valence electrons. The standard InChI is InChI=1S/C24H18O2/c1-18-7-6-11-22(17-18)23-12-5-4-10-20(23)9-3-2-8-19-13-15-21(16-14-19)24(25)26/h3-7,9-17H,1H3,(H,25,26)/b9-3+. The smallest absolute Gasteiger partial charge is 0.335 e. The number of aryl methyl sites for hydroxylation is 1. The Balaban J connectivity index is 1.81. The summed E-state index contributed by atoms with van der Waals surface area (Å²) in [6.07, 6.45) is 3.82. The van der Waals surface area contributed by atoms with Crippen LogP contribution in [0.5, 0.6) is 0 Å². The topological polar surface area (TPSA) is 37.3 Å². The van der Waals surface area contributed by atoms with E-state index in [1.165, 1.54) is 16.7 Å². The summed E-state index contributed by atoms with van der Waals surface area (Å²) in [5, 5.41) is 8.91. The molecule has 0 heterocycles. The van der Waals surface area contributed by atoms with Crippen molar-refractivity contribution in [2.24, 2.45) is 0 Å². The van der Waals surface area contributed by atoms with E-state index < -0.39 is 5.97 Å². The van der Waals surface area contributed by atoms with Gasteiger partial charge in [-0.3, -0.25) is 0 Å². The number of hydrogen-bond acceptors (Lipinski definition) is 1. The molecule has 0 aromatic heterocycles. The molecular weight excluding hydrogens is 320 g/mol. The average molecular weight is 338 g/mol. The first-order chi connectivity index (χ1) is 12.6. The van der Waals surface area contributed by atoms with E-state index in [4.69, 9.17) is 5.11 Å². The molecule has 3 aromatic rings. The van der Waals surface area contributed by atoms with Gasteiger partial charge in [0.2, 0.25) is 0 Å². The predicted molar refractivity (Wildman–Crippen MR) is 106 cm³/mol. The van der Waals surface area contributed by atoms with E-state index in [1.54, 1.807) is 24.3 Å². The molecule has 26 heavy (non-hydrogen) atoms. The first kappa shape index (κ1) is 17.3. The highest BCUT2D eigenvalue weighted by Crippen LogP contribution is 2.25. The van der Waals surface area contributed by atoms with Gasteiger partial charge in [0.25, 0.3) is 0 Å². The van der Waals surface area contributed by atoms with Crippen LogP contribution in [0.4, 0.5) is 0 Å². The molecule has 0 aliphatic heterocycles. The van der Waals surface area contributed by atoms with Gasteiger partial charge in [0.05, 0.1) is 5.56 Å². The molecule has 0 spiro atoms. The number of carboxylic acid groups (broad SMARTS) is 1. The maximum atomic E-state index is 10.9. The van der Waals surface area contributed by atoms with Gasteiger partial charge in [-0.2, -0.15) is 0 Å². The summed E-state index contributed by atoms with van der Waals surface area (Å²) in [4.78, 5) is 10.9. The molecule has 0 fully saturated rings. The second-order valence-corrected chi connectivity index (χ2v) is 5.94. The van der Waals surface area contributed by atoms with Crippen molar-refractivity contribution in [3.63, 3.8) is 0 Å². The number of carbonyl (C=O) groups is 1. The van der Waals surface area contributed by atoms with E-state index in [1.807, 2.05) is 24.3 Å². The van der Waals surface area contributed by atoms with Crippen molar-refractivity contribution in [1.29, 1.82) is 0 Å². The molecule has 3 aromatic carbocycles. The lowest BCUT2D eigenvalue weighted by Gasteiger charge is -2.06. The lowest BCUT2D eigenvalue weighted by atomic mass is 9.98. The van der Waals surface area contributed by atoms with Crippen molar-refractivity contribution in [3.05, 3.63) is 101 Å². The molecule has 0 saturated carbocycles. The Hall–Kier alpha value is -3.57. The van der Waals surface area contributed by atoms with Crippen LogP contribution < -0.4 is 0 Å². The second-order valence-electron chi connectivity index (χ2n) is 5.94. The molecular formula is C24H18O2. The van der Waals surface area contributed by atoms with Gasteiger partial charge in [0, 0.05) is 5.56 Å². The molecule has 0 bridgehead atoms. The Labute approximate surface area is 153 Å². The predicted octanol–water partition coefficient (Wildman–Crippen LogP) is 5.43. The van der Waals surface area contributed by atoms with Gasteiger partial charge in [0.1, 0.15) is 0 Å². The fraction of sp³-hybridized carbons (Fsp3) is 0.0417. The SMILES string of the molecule is Cc1cccc(-c2ccccc2/C=C/C#Cc2ccc(C(=O)O)cc2)c1. The summed E-state index contributed by atoms with van der Waals surface area (Å²) in [5.41, 5.74) is 5.73. The Bertz CT molecular complexity index is 1020. The number of allylic oxidation sites excluding steroid dienone is 1. The zero-order valence-corrected chi connectivity index (χ0v) is 14.4. The fourth-order valence-electron chi connectivity index (χ4n) is 2.67. The Morgan fingerprint density at radius 3 is 2.46 bits per heavy atom. The number of carboxylic acids is 1. The van der Waals surface area contributed by atoms with Gasteiger partial charge >= 0.3 is 5.97 Å². The summed E-state index contributed by atoms with van der Waals surface area (Å²) in [6, 6.07) is 23.2. The Morgan fingerprint density at radius 1 is 0.962 bits per heavy atom. The van der Waals surface area contributed by atoms with Gasteiger partial charge in [-0.25, -0.2) is 4.79 Å².